The predicted molar refractivity (Wildman–Crippen MR) is 71.0 cm³/mol. The third kappa shape index (κ3) is 3.03. The Balaban J connectivity index is 2.23. The van der Waals surface area contributed by atoms with Crippen molar-refractivity contribution in [1.29, 1.82) is 0 Å². The molecule has 0 saturated heterocycles. The molecule has 0 atom stereocenters. The predicted octanol–water partition coefficient (Wildman–Crippen LogP) is 2.93. The fourth-order valence-electron chi connectivity index (χ4n) is 2.67. The summed E-state index contributed by atoms with van der Waals surface area (Å²) in [5.41, 5.74) is -0.0684. The van der Waals surface area contributed by atoms with Gasteiger partial charge in [-0.15, -0.1) is 0 Å². The number of carbonyl (C=O) groups is 1. The lowest BCUT2D eigenvalue weighted by atomic mass is 9.86. The largest absolute Gasteiger partial charge is 0.478 e. The summed E-state index contributed by atoms with van der Waals surface area (Å²) in [4.78, 5) is 17.0. The molecule has 2 rings (SSSR count). The summed E-state index contributed by atoms with van der Waals surface area (Å²) in [5, 5.41) is 9.15. The summed E-state index contributed by atoms with van der Waals surface area (Å²) in [7, 11) is 1.84. The Bertz CT molecular complexity index is 471. The van der Waals surface area contributed by atoms with Crippen LogP contribution in [0, 0.1) is 11.7 Å². The van der Waals surface area contributed by atoms with Crippen LogP contribution >= 0.6 is 0 Å². The number of hydrogen-bond acceptors (Lipinski definition) is 3. The van der Waals surface area contributed by atoms with Gasteiger partial charge in [0.05, 0.1) is 6.20 Å². The fraction of sp³-hybridized carbons (Fsp3) is 0.571. The van der Waals surface area contributed by atoms with Gasteiger partial charge in [0, 0.05) is 13.1 Å². The number of halogens is 1. The van der Waals surface area contributed by atoms with Gasteiger partial charge in [0.1, 0.15) is 17.2 Å². The Hall–Kier alpha value is -1.65. The smallest absolute Gasteiger partial charge is 0.339 e. The number of aromatic nitrogens is 1. The van der Waals surface area contributed by atoms with Crippen molar-refractivity contribution in [2.75, 3.05) is 11.9 Å². The molecule has 5 heteroatoms. The topological polar surface area (TPSA) is 53.4 Å². The van der Waals surface area contributed by atoms with Gasteiger partial charge in [-0.25, -0.2) is 14.2 Å². The van der Waals surface area contributed by atoms with E-state index in [0.29, 0.717) is 5.82 Å². The molecule has 19 heavy (non-hydrogen) atoms. The van der Waals surface area contributed by atoms with Gasteiger partial charge in [-0.3, -0.25) is 0 Å². The summed E-state index contributed by atoms with van der Waals surface area (Å²) in [5.74, 6) is -0.678. The molecule has 1 aromatic rings. The molecule has 0 bridgehead atoms. The van der Waals surface area contributed by atoms with E-state index in [9.17, 15) is 9.18 Å². The van der Waals surface area contributed by atoms with Crippen molar-refractivity contribution >= 4 is 11.8 Å². The summed E-state index contributed by atoms with van der Waals surface area (Å²) >= 11 is 0. The second kappa shape index (κ2) is 5.55. The quantitative estimate of drug-likeness (QED) is 0.914. The van der Waals surface area contributed by atoms with Gasteiger partial charge in [-0.1, -0.05) is 6.92 Å². The van der Waals surface area contributed by atoms with Crippen molar-refractivity contribution in [3.05, 3.63) is 23.6 Å². The van der Waals surface area contributed by atoms with Crippen LogP contribution in [0.5, 0.6) is 0 Å². The van der Waals surface area contributed by atoms with Gasteiger partial charge in [-0.2, -0.15) is 0 Å². The maximum Gasteiger partial charge on any atom is 0.339 e. The van der Waals surface area contributed by atoms with Crippen molar-refractivity contribution in [2.24, 2.45) is 5.92 Å². The molecule has 104 valence electrons. The van der Waals surface area contributed by atoms with Crippen molar-refractivity contribution in [3.8, 4) is 0 Å². The molecule has 0 unspecified atom stereocenters. The molecule has 0 radical (unpaired) electrons. The van der Waals surface area contributed by atoms with E-state index in [2.05, 4.69) is 11.9 Å². The molecule has 4 nitrogen and oxygen atoms in total. The fourth-order valence-corrected chi connectivity index (χ4v) is 2.67. The van der Waals surface area contributed by atoms with Crippen LogP contribution in [0.2, 0.25) is 0 Å². The van der Waals surface area contributed by atoms with Crippen LogP contribution < -0.4 is 4.90 Å². The molecule has 1 aliphatic rings. The van der Waals surface area contributed by atoms with E-state index >= 15 is 0 Å². The normalized spacial score (nSPS) is 23.1. The van der Waals surface area contributed by atoms with Crippen LogP contribution in [0.25, 0.3) is 0 Å². The summed E-state index contributed by atoms with van der Waals surface area (Å²) < 4.78 is 13.1. The first kappa shape index (κ1) is 13.8. The number of hydrogen-bond donors (Lipinski definition) is 1. The minimum Gasteiger partial charge on any atom is -0.478 e. The van der Waals surface area contributed by atoms with E-state index in [1.807, 2.05) is 11.9 Å². The Morgan fingerprint density at radius 2 is 2.05 bits per heavy atom. The molecular formula is C14H19FN2O2. The highest BCUT2D eigenvalue weighted by Crippen LogP contribution is 2.30. The Morgan fingerprint density at radius 3 is 2.63 bits per heavy atom. The standard InChI is InChI=1S/C14H19FN2O2/c1-9-3-5-11(6-4-9)17(2)13-12(14(18)19)7-10(15)8-16-13/h7-9,11H,3-6H2,1-2H3,(H,18,19). The van der Waals surface area contributed by atoms with Gasteiger partial charge >= 0.3 is 5.97 Å². The first-order valence-corrected chi connectivity index (χ1v) is 6.60. The van der Waals surface area contributed by atoms with E-state index in [1.54, 1.807) is 0 Å². The number of anilines is 1. The number of aromatic carboxylic acids is 1. The highest BCUT2D eigenvalue weighted by atomic mass is 19.1. The molecule has 1 aliphatic carbocycles. The zero-order valence-corrected chi connectivity index (χ0v) is 11.3. The summed E-state index contributed by atoms with van der Waals surface area (Å²) in [6.07, 6.45) is 5.40. The van der Waals surface area contributed by atoms with Crippen molar-refractivity contribution in [1.82, 2.24) is 4.98 Å². The van der Waals surface area contributed by atoms with Crippen molar-refractivity contribution < 1.29 is 14.3 Å². The molecule has 1 aromatic heterocycles. The second-order valence-electron chi connectivity index (χ2n) is 5.35. The number of pyridine rings is 1. The van der Waals surface area contributed by atoms with Crippen LogP contribution in [-0.4, -0.2) is 29.1 Å². The molecule has 0 spiro atoms. The Labute approximate surface area is 112 Å². The third-order valence-corrected chi connectivity index (χ3v) is 3.93. The molecule has 0 aromatic carbocycles. The number of carboxylic acids is 1. The Morgan fingerprint density at radius 1 is 1.42 bits per heavy atom. The average Bonchev–Trinajstić information content (AvgIpc) is 2.38. The minimum atomic E-state index is -1.14. The number of carboxylic acid groups (broad SMARTS) is 1. The zero-order valence-electron chi connectivity index (χ0n) is 11.3. The second-order valence-corrected chi connectivity index (χ2v) is 5.35. The van der Waals surface area contributed by atoms with Crippen molar-refractivity contribution in [2.45, 2.75) is 38.6 Å². The van der Waals surface area contributed by atoms with Gasteiger partial charge in [0.25, 0.3) is 0 Å². The number of rotatable bonds is 3. The molecule has 1 N–H and O–H groups in total. The van der Waals surface area contributed by atoms with Crippen LogP contribution in [0.1, 0.15) is 43.0 Å². The molecule has 1 saturated carbocycles. The van der Waals surface area contributed by atoms with Crippen molar-refractivity contribution in [3.63, 3.8) is 0 Å². The van der Waals surface area contributed by atoms with Gasteiger partial charge < -0.3 is 10.0 Å². The van der Waals surface area contributed by atoms with Gasteiger partial charge in [0.2, 0.25) is 0 Å². The summed E-state index contributed by atoms with van der Waals surface area (Å²) in [6, 6.07) is 1.32. The molecule has 0 aliphatic heterocycles. The first-order valence-electron chi connectivity index (χ1n) is 6.60. The lowest BCUT2D eigenvalue weighted by Gasteiger charge is -2.34. The molecule has 1 heterocycles. The number of nitrogens with zero attached hydrogens (tertiary/aromatic N) is 2. The van der Waals surface area contributed by atoms with Crippen LogP contribution in [0.4, 0.5) is 10.2 Å². The van der Waals surface area contributed by atoms with E-state index in [-0.39, 0.29) is 11.6 Å². The van der Waals surface area contributed by atoms with Crippen LogP contribution in [0.15, 0.2) is 12.3 Å². The van der Waals surface area contributed by atoms with Crippen LogP contribution in [-0.2, 0) is 0 Å². The summed E-state index contributed by atoms with van der Waals surface area (Å²) in [6.45, 7) is 2.23. The van der Waals surface area contributed by atoms with Gasteiger partial charge in [0.15, 0.2) is 0 Å². The Kier molecular flexibility index (Phi) is 4.02. The lowest BCUT2D eigenvalue weighted by molar-refractivity contribution is 0.0696. The minimum absolute atomic E-state index is 0.0684. The molecule has 1 fully saturated rings. The monoisotopic (exact) mass is 266 g/mol. The lowest BCUT2D eigenvalue weighted by Crippen LogP contribution is -2.36. The molecular weight excluding hydrogens is 247 g/mol. The van der Waals surface area contributed by atoms with Gasteiger partial charge in [-0.05, 0) is 37.7 Å². The maximum atomic E-state index is 13.1. The van der Waals surface area contributed by atoms with Crippen LogP contribution in [0.3, 0.4) is 0 Å². The molecule has 0 amide bonds. The zero-order chi connectivity index (χ0) is 14.0. The average molecular weight is 266 g/mol. The first-order chi connectivity index (χ1) is 8.99. The van der Waals surface area contributed by atoms with E-state index < -0.39 is 11.8 Å². The van der Waals surface area contributed by atoms with E-state index in [1.165, 1.54) is 0 Å². The highest BCUT2D eigenvalue weighted by Gasteiger charge is 2.25. The highest BCUT2D eigenvalue weighted by molar-refractivity contribution is 5.93. The van der Waals surface area contributed by atoms with E-state index in [0.717, 1.165) is 43.9 Å². The SMILES string of the molecule is CC1CCC(N(C)c2ncc(F)cc2C(=O)O)CC1. The third-order valence-electron chi connectivity index (χ3n) is 3.93. The van der Waals surface area contributed by atoms with E-state index in [4.69, 9.17) is 5.11 Å². The maximum absolute atomic E-state index is 13.1.